The van der Waals surface area contributed by atoms with Crippen LogP contribution < -0.4 is 34.3 Å². The maximum Gasteiger partial charge on any atom is 0.534 e. The topological polar surface area (TPSA) is 289 Å². The molecule has 32 heteroatoms. The second-order valence-corrected chi connectivity index (χ2v) is 20.2. The molecule has 0 saturated heterocycles. The molecular formula is C45H31F10N3O17S2. The van der Waals surface area contributed by atoms with Gasteiger partial charge in [0.15, 0.2) is 28.7 Å². The van der Waals surface area contributed by atoms with Crippen LogP contribution in [0.3, 0.4) is 0 Å². The highest BCUT2D eigenvalue weighted by Crippen LogP contribution is 2.60. The van der Waals surface area contributed by atoms with Crippen molar-refractivity contribution in [1.29, 1.82) is 0 Å². The summed E-state index contributed by atoms with van der Waals surface area (Å²) < 4.78 is 213. The van der Waals surface area contributed by atoms with Gasteiger partial charge in [0.05, 0.1) is 29.5 Å². The van der Waals surface area contributed by atoms with Gasteiger partial charge in [-0.25, -0.2) is 18.4 Å². The van der Waals surface area contributed by atoms with E-state index in [1.54, 1.807) is 0 Å². The highest BCUT2D eigenvalue weighted by Gasteiger charge is 2.58. The number of benzene rings is 4. The highest BCUT2D eigenvalue weighted by atomic mass is 32.2. The lowest BCUT2D eigenvalue weighted by molar-refractivity contribution is -0.137. The van der Waals surface area contributed by atoms with Gasteiger partial charge in [-0.05, 0) is 68.1 Å². The van der Waals surface area contributed by atoms with Gasteiger partial charge in [0.2, 0.25) is 23.1 Å². The lowest BCUT2D eigenvalue weighted by Gasteiger charge is -2.37. The SMILES string of the molecule is O=C(O)CCN(CCC(=O)O)c1ccc2cc(C(=O)N[C@H]3CC[C@H](NC(=O)c4ccc5c(c4)C(=O)OC54c5cc(F)c(OS(=O)(=O)C(F)(F)F)c(F)c5Oc5c4cc(F)c(OS(=O)(=O)C(F)(F)F)c5F)CC3)c(=O)oc2c1. The first kappa shape index (κ1) is 55.1. The fourth-order valence-electron chi connectivity index (χ4n) is 8.62. The first-order chi connectivity index (χ1) is 35.8. The number of ether oxygens (including phenoxy) is 2. The summed E-state index contributed by atoms with van der Waals surface area (Å²) >= 11 is 0. The summed E-state index contributed by atoms with van der Waals surface area (Å²) in [5, 5.41) is 23.9. The van der Waals surface area contributed by atoms with Gasteiger partial charge in [-0.1, -0.05) is 6.07 Å². The number of hydrogen-bond donors (Lipinski definition) is 4. The first-order valence-corrected chi connectivity index (χ1v) is 24.7. The van der Waals surface area contributed by atoms with Gasteiger partial charge in [-0.3, -0.25) is 19.2 Å². The van der Waals surface area contributed by atoms with Crippen LogP contribution >= 0.6 is 0 Å². The average molecular weight is 1140 g/mol. The number of aliphatic carboxylic acids is 2. The number of amides is 2. The number of carboxylic acids is 2. The minimum Gasteiger partial charge on any atom is -0.481 e. The number of carbonyl (C=O) groups is 5. The van der Waals surface area contributed by atoms with Crippen LogP contribution in [0, 0.1) is 23.3 Å². The monoisotopic (exact) mass is 1140 g/mol. The molecule has 3 aliphatic rings. The molecule has 8 rings (SSSR count). The zero-order chi connectivity index (χ0) is 56.5. The third-order valence-corrected chi connectivity index (χ3v) is 14.1. The van der Waals surface area contributed by atoms with Crippen molar-refractivity contribution in [3.05, 3.63) is 122 Å². The lowest BCUT2D eigenvalue weighted by Crippen LogP contribution is -2.44. The molecule has 20 nitrogen and oxygen atoms in total. The van der Waals surface area contributed by atoms with E-state index in [1.165, 1.54) is 29.2 Å². The normalized spacial score (nSPS) is 16.8. The third kappa shape index (κ3) is 10.3. The van der Waals surface area contributed by atoms with Crippen LogP contribution in [0.4, 0.5) is 49.6 Å². The Kier molecular flexibility index (Phi) is 14.1. The molecule has 4 N–H and O–H groups in total. The molecule has 2 aliphatic heterocycles. The molecule has 2 amide bonds. The van der Waals surface area contributed by atoms with Gasteiger partial charge in [0, 0.05) is 53.4 Å². The quantitative estimate of drug-likeness (QED) is 0.0282. The highest BCUT2D eigenvalue weighted by molar-refractivity contribution is 7.88. The molecule has 410 valence electrons. The van der Waals surface area contributed by atoms with E-state index in [-0.39, 0.29) is 80.5 Å². The Labute approximate surface area is 423 Å². The van der Waals surface area contributed by atoms with Crippen molar-refractivity contribution in [3.8, 4) is 23.0 Å². The maximum absolute atomic E-state index is 16.2. The number of hydrogen-bond acceptors (Lipinski definition) is 16. The van der Waals surface area contributed by atoms with Crippen molar-refractivity contribution in [2.75, 3.05) is 18.0 Å². The molecule has 0 atom stereocenters. The average Bonchev–Trinajstić information content (AvgIpc) is 3.73. The molecule has 0 bridgehead atoms. The zero-order valence-electron chi connectivity index (χ0n) is 38.1. The van der Waals surface area contributed by atoms with Crippen LogP contribution in [-0.4, -0.2) is 93.0 Å². The minimum absolute atomic E-state index is 0.0129. The Balaban J connectivity index is 1.03. The van der Waals surface area contributed by atoms with E-state index in [0.717, 1.165) is 18.2 Å². The predicted octanol–water partition coefficient (Wildman–Crippen LogP) is 6.60. The molecule has 3 heterocycles. The number of carboxylic acid groups (broad SMARTS) is 2. The van der Waals surface area contributed by atoms with Crippen molar-refractivity contribution in [2.45, 2.75) is 67.2 Å². The van der Waals surface area contributed by atoms with E-state index in [0.29, 0.717) is 11.1 Å². The molecule has 1 aromatic heterocycles. The summed E-state index contributed by atoms with van der Waals surface area (Å²) in [6.45, 7) is -0.126. The van der Waals surface area contributed by atoms with Crippen LogP contribution in [-0.2, 0) is 40.2 Å². The second-order valence-electron chi connectivity index (χ2n) is 17.1. The van der Waals surface area contributed by atoms with Gasteiger partial charge < -0.3 is 48.0 Å². The first-order valence-electron chi connectivity index (χ1n) is 21.8. The lowest BCUT2D eigenvalue weighted by atomic mass is 9.77. The Morgan fingerprint density at radius 1 is 0.675 bits per heavy atom. The van der Waals surface area contributed by atoms with Crippen LogP contribution in [0.1, 0.15) is 86.3 Å². The molecule has 1 fully saturated rings. The number of halogens is 10. The van der Waals surface area contributed by atoms with Crippen LogP contribution in [0.15, 0.2) is 63.8 Å². The second kappa shape index (κ2) is 19.8. The molecule has 77 heavy (non-hydrogen) atoms. The number of nitrogens with one attached hydrogen (secondary N) is 2. The zero-order valence-corrected chi connectivity index (χ0v) is 39.7. The summed E-state index contributed by atoms with van der Waals surface area (Å²) in [6.07, 6.45) is 0.158. The van der Waals surface area contributed by atoms with Crippen LogP contribution in [0.25, 0.3) is 11.0 Å². The van der Waals surface area contributed by atoms with Crippen molar-refractivity contribution in [1.82, 2.24) is 10.6 Å². The van der Waals surface area contributed by atoms with Crippen molar-refractivity contribution in [3.63, 3.8) is 0 Å². The van der Waals surface area contributed by atoms with Crippen LogP contribution in [0.5, 0.6) is 23.0 Å². The van der Waals surface area contributed by atoms with E-state index >= 15 is 17.6 Å². The van der Waals surface area contributed by atoms with Gasteiger partial charge in [0.1, 0.15) is 11.1 Å². The fraction of sp³-hybridized carbons (Fsp3) is 0.289. The Hall–Kier alpha value is -8.16. The fourth-order valence-corrected chi connectivity index (χ4v) is 9.55. The number of fused-ring (bicyclic) bond motifs is 7. The molecule has 0 unspecified atom stereocenters. The van der Waals surface area contributed by atoms with Gasteiger partial charge in [0.25, 0.3) is 11.8 Å². The maximum atomic E-state index is 16.2. The Bertz CT molecular complexity index is 3510. The number of nitrogens with zero attached hydrogens (tertiary/aromatic N) is 1. The summed E-state index contributed by atoms with van der Waals surface area (Å²) in [4.78, 5) is 77.5. The molecule has 5 aromatic rings. The standard InChI is InChI=1S/C45H31F10N3O17S2/c46-28-16-26-35(33(48)37(28)74-76(67,68)44(50,51)52)72-36-27(17-29(47)38(34(36)49)75-77(69,70)45(53,54)55)43(26)25-8-2-19(14-23(25)42(66)73-43)39(63)56-20-3-5-21(6-4-20)57-40(64)24-13-18-1-7-22(15-30(18)71-41(24)65)58(11-9-31(59)60)12-10-32(61)62/h1-2,7-8,13-17,20-21H,3-6,9-12H2,(H,56,63)(H,57,64)(H,59,60)(H,61,62)/t20-,21-. The van der Waals surface area contributed by atoms with Gasteiger partial charge in [-0.2, -0.15) is 52.0 Å². The summed E-state index contributed by atoms with van der Waals surface area (Å²) in [5.41, 5.74) is -21.1. The predicted molar refractivity (Wildman–Crippen MR) is 236 cm³/mol. The molecular weight excluding hydrogens is 1110 g/mol. The van der Waals surface area contributed by atoms with Gasteiger partial charge >= 0.3 is 54.8 Å². The number of esters is 1. The van der Waals surface area contributed by atoms with Gasteiger partial charge in [-0.15, -0.1) is 0 Å². The van der Waals surface area contributed by atoms with Crippen LogP contribution in [0.2, 0.25) is 0 Å². The molecule has 0 radical (unpaired) electrons. The van der Waals surface area contributed by atoms with Crippen molar-refractivity contribution < 1.29 is 117 Å². The molecule has 4 aromatic carbocycles. The number of alkyl halides is 6. The number of carbonyl (C=O) groups excluding carboxylic acids is 3. The number of anilines is 1. The summed E-state index contributed by atoms with van der Waals surface area (Å²) in [6, 6.07) is 6.96. The Morgan fingerprint density at radius 3 is 1.65 bits per heavy atom. The van der Waals surface area contributed by atoms with E-state index in [1.807, 2.05) is 0 Å². The largest absolute Gasteiger partial charge is 0.534 e. The van der Waals surface area contributed by atoms with E-state index in [9.17, 15) is 71.9 Å². The summed E-state index contributed by atoms with van der Waals surface area (Å²) in [5.74, 6) is -23.6. The Morgan fingerprint density at radius 2 is 1.17 bits per heavy atom. The molecule has 1 aliphatic carbocycles. The third-order valence-electron chi connectivity index (χ3n) is 12.2. The van der Waals surface area contributed by atoms with Crippen molar-refractivity contribution >= 4 is 66.6 Å². The smallest absolute Gasteiger partial charge is 0.481 e. The molecule has 1 spiro atoms. The number of rotatable bonds is 15. The van der Waals surface area contributed by atoms with E-state index in [4.69, 9.17) is 24.1 Å². The van der Waals surface area contributed by atoms with Crippen molar-refractivity contribution in [2.24, 2.45) is 0 Å². The summed E-state index contributed by atoms with van der Waals surface area (Å²) in [7, 11) is -13.8. The van der Waals surface area contributed by atoms with E-state index < -0.39 is 153 Å². The van der Waals surface area contributed by atoms with E-state index in [2.05, 4.69) is 19.0 Å². The molecule has 1 saturated carbocycles. The minimum atomic E-state index is -6.91.